The zero-order valence-corrected chi connectivity index (χ0v) is 7.48. The highest BCUT2D eigenvalue weighted by molar-refractivity contribution is 7.11. The van der Waals surface area contributed by atoms with Crippen molar-refractivity contribution in [3.05, 3.63) is 47.6 Å². The van der Waals surface area contributed by atoms with Crippen molar-refractivity contribution in [1.29, 1.82) is 0 Å². The van der Waals surface area contributed by atoms with Crippen LogP contribution in [-0.2, 0) is 0 Å². The molecule has 0 N–H and O–H groups in total. The first kappa shape index (κ1) is 8.26. The third-order valence-corrected chi connectivity index (χ3v) is 2.15. The molecule has 3 heteroatoms. The molecule has 0 aliphatic rings. The molecule has 1 aromatic heterocycles. The molecule has 0 saturated heterocycles. The summed E-state index contributed by atoms with van der Waals surface area (Å²) < 4.78 is 18.1. The lowest BCUT2D eigenvalue weighted by atomic mass is 10.3. The van der Waals surface area contributed by atoms with E-state index < -0.39 is 0 Å². The van der Waals surface area contributed by atoms with Crippen molar-refractivity contribution in [1.82, 2.24) is 0 Å². The molecule has 1 nitrogen and oxygen atoms in total. The maximum absolute atomic E-state index is 12.7. The van der Waals surface area contributed by atoms with E-state index in [1.165, 1.54) is 23.5 Å². The van der Waals surface area contributed by atoms with E-state index in [1.54, 1.807) is 23.6 Å². The molecule has 2 rings (SSSR count). The fourth-order valence-corrected chi connectivity index (χ4v) is 1.46. The van der Waals surface area contributed by atoms with Crippen LogP contribution in [0.3, 0.4) is 0 Å². The van der Waals surface area contributed by atoms with Gasteiger partial charge in [0.05, 0.1) is 0 Å². The second-order valence-electron chi connectivity index (χ2n) is 2.43. The van der Waals surface area contributed by atoms with Crippen molar-refractivity contribution in [3.8, 4) is 10.8 Å². The highest BCUT2D eigenvalue weighted by Crippen LogP contribution is 2.25. The van der Waals surface area contributed by atoms with Crippen LogP contribution in [-0.4, -0.2) is 0 Å². The molecule has 1 aromatic carbocycles. The van der Waals surface area contributed by atoms with Crippen LogP contribution in [0, 0.1) is 11.9 Å². The molecule has 0 aliphatic heterocycles. The quantitative estimate of drug-likeness (QED) is 0.709. The van der Waals surface area contributed by atoms with Gasteiger partial charge in [-0.3, -0.25) is 0 Å². The molecule has 0 aliphatic carbocycles. The Bertz CT molecular complexity index is 384. The summed E-state index contributed by atoms with van der Waals surface area (Å²) in [5.74, 6) is 0.217. The molecular formula is C10H6FOS. The first-order valence-electron chi connectivity index (χ1n) is 3.72. The number of hydrogen-bond donors (Lipinski definition) is 0. The second kappa shape index (κ2) is 3.58. The molecule has 0 spiro atoms. The molecule has 0 bridgehead atoms. The number of hydrogen-bond acceptors (Lipinski definition) is 2. The summed E-state index contributed by atoms with van der Waals surface area (Å²) in [6.45, 7) is 0. The third-order valence-electron chi connectivity index (χ3n) is 1.46. The van der Waals surface area contributed by atoms with Gasteiger partial charge in [-0.2, -0.15) is 0 Å². The zero-order chi connectivity index (χ0) is 9.10. The summed E-state index contributed by atoms with van der Waals surface area (Å²) >= 11 is 1.42. The summed E-state index contributed by atoms with van der Waals surface area (Å²) in [7, 11) is 0. The van der Waals surface area contributed by atoms with Crippen molar-refractivity contribution in [2.45, 2.75) is 0 Å². The topological polar surface area (TPSA) is 9.23 Å². The number of thiophene rings is 1. The molecule has 0 unspecified atom stereocenters. The molecule has 1 heterocycles. The highest BCUT2D eigenvalue weighted by atomic mass is 32.1. The van der Waals surface area contributed by atoms with E-state index >= 15 is 0 Å². The summed E-state index contributed by atoms with van der Waals surface area (Å²) in [6, 6.07) is 10.6. The Kier molecular flexibility index (Phi) is 2.27. The molecule has 1 radical (unpaired) electrons. The molecular weight excluding hydrogens is 187 g/mol. The van der Waals surface area contributed by atoms with E-state index in [0.29, 0.717) is 10.8 Å². The SMILES string of the molecule is Fc1cccc(Oc2c[c]cs2)c1. The summed E-state index contributed by atoms with van der Waals surface area (Å²) in [4.78, 5) is 0. The summed E-state index contributed by atoms with van der Waals surface area (Å²) in [5.41, 5.74) is 0. The van der Waals surface area contributed by atoms with E-state index in [0.717, 1.165) is 0 Å². The van der Waals surface area contributed by atoms with E-state index in [9.17, 15) is 4.39 Å². The van der Waals surface area contributed by atoms with Crippen molar-refractivity contribution >= 4 is 11.3 Å². The van der Waals surface area contributed by atoms with Crippen LogP contribution >= 0.6 is 11.3 Å². The van der Waals surface area contributed by atoms with Gasteiger partial charge in [0.15, 0.2) is 5.06 Å². The van der Waals surface area contributed by atoms with E-state index in [2.05, 4.69) is 6.07 Å². The Labute approximate surface area is 79.4 Å². The van der Waals surface area contributed by atoms with E-state index in [-0.39, 0.29) is 5.82 Å². The minimum atomic E-state index is -0.293. The van der Waals surface area contributed by atoms with Gasteiger partial charge in [-0.25, -0.2) is 4.39 Å². The van der Waals surface area contributed by atoms with Crippen molar-refractivity contribution in [2.24, 2.45) is 0 Å². The van der Waals surface area contributed by atoms with Gasteiger partial charge in [-0.15, -0.1) is 11.3 Å². The molecule has 0 fully saturated rings. The lowest BCUT2D eigenvalue weighted by Crippen LogP contribution is -1.81. The molecule has 65 valence electrons. The first-order chi connectivity index (χ1) is 6.34. The molecule has 2 aromatic rings. The van der Waals surface area contributed by atoms with Gasteiger partial charge >= 0.3 is 0 Å². The molecule has 0 atom stereocenters. The zero-order valence-electron chi connectivity index (χ0n) is 6.66. The van der Waals surface area contributed by atoms with Crippen LogP contribution in [0.1, 0.15) is 0 Å². The van der Waals surface area contributed by atoms with Crippen molar-refractivity contribution in [2.75, 3.05) is 0 Å². The lowest BCUT2D eigenvalue weighted by molar-refractivity contribution is 0.490. The van der Waals surface area contributed by atoms with Crippen LogP contribution in [0.2, 0.25) is 0 Å². The maximum Gasteiger partial charge on any atom is 0.181 e. The van der Waals surface area contributed by atoms with Crippen LogP contribution in [0.4, 0.5) is 4.39 Å². The Morgan fingerprint density at radius 2 is 2.31 bits per heavy atom. The Morgan fingerprint density at radius 1 is 1.38 bits per heavy atom. The second-order valence-corrected chi connectivity index (χ2v) is 3.30. The molecule has 13 heavy (non-hydrogen) atoms. The average molecular weight is 193 g/mol. The first-order valence-corrected chi connectivity index (χ1v) is 4.60. The largest absolute Gasteiger partial charge is 0.447 e. The normalized spacial score (nSPS) is 9.92. The Hall–Kier alpha value is -1.35. The van der Waals surface area contributed by atoms with Gasteiger partial charge in [0.1, 0.15) is 11.6 Å². The van der Waals surface area contributed by atoms with Gasteiger partial charge in [0.25, 0.3) is 0 Å². The van der Waals surface area contributed by atoms with Gasteiger partial charge in [0.2, 0.25) is 0 Å². The standard InChI is InChI=1S/C10H6FOS/c11-8-3-1-4-9(7-8)12-10-5-2-6-13-10/h1,3-7H. The van der Waals surface area contributed by atoms with Crippen LogP contribution in [0.5, 0.6) is 10.8 Å². The van der Waals surface area contributed by atoms with Gasteiger partial charge in [-0.1, -0.05) is 6.07 Å². The van der Waals surface area contributed by atoms with Gasteiger partial charge in [-0.05, 0) is 18.2 Å². The lowest BCUT2D eigenvalue weighted by Gasteiger charge is -2.01. The van der Waals surface area contributed by atoms with E-state index in [4.69, 9.17) is 4.74 Å². The number of halogens is 1. The Morgan fingerprint density at radius 3 is 3.00 bits per heavy atom. The molecule has 0 saturated carbocycles. The van der Waals surface area contributed by atoms with Crippen LogP contribution in [0.15, 0.2) is 35.7 Å². The fraction of sp³-hybridized carbons (Fsp3) is 0. The van der Waals surface area contributed by atoms with Crippen LogP contribution < -0.4 is 4.74 Å². The predicted octanol–water partition coefficient (Wildman–Crippen LogP) is 3.48. The predicted molar refractivity (Wildman–Crippen MR) is 49.6 cm³/mol. The van der Waals surface area contributed by atoms with Gasteiger partial charge in [0, 0.05) is 17.5 Å². The van der Waals surface area contributed by atoms with E-state index in [1.807, 2.05) is 0 Å². The summed E-state index contributed by atoms with van der Waals surface area (Å²) in [6.07, 6.45) is 0. The fourth-order valence-electron chi connectivity index (χ4n) is 0.928. The monoisotopic (exact) mass is 193 g/mol. The smallest absolute Gasteiger partial charge is 0.181 e. The number of rotatable bonds is 2. The minimum absolute atomic E-state index is 0.293. The maximum atomic E-state index is 12.7. The van der Waals surface area contributed by atoms with Crippen LogP contribution in [0.25, 0.3) is 0 Å². The number of benzene rings is 1. The van der Waals surface area contributed by atoms with Gasteiger partial charge < -0.3 is 4.74 Å². The molecule has 0 amide bonds. The highest BCUT2D eigenvalue weighted by Gasteiger charge is 1.98. The van der Waals surface area contributed by atoms with Crippen molar-refractivity contribution < 1.29 is 9.13 Å². The minimum Gasteiger partial charge on any atom is -0.447 e. The number of ether oxygens (including phenoxy) is 1. The summed E-state index contributed by atoms with van der Waals surface area (Å²) in [5, 5.41) is 2.50. The average Bonchev–Trinajstić information content (AvgIpc) is 2.57. The third kappa shape index (κ3) is 2.06. The van der Waals surface area contributed by atoms with Crippen molar-refractivity contribution in [3.63, 3.8) is 0 Å². The Balaban J connectivity index is 2.19.